The number of benzene rings is 2. The van der Waals surface area contributed by atoms with Gasteiger partial charge in [0.2, 0.25) is 5.91 Å². The molecular formula is C22H25NO2. The van der Waals surface area contributed by atoms with E-state index in [1.165, 1.54) is 18.4 Å². The predicted molar refractivity (Wildman–Crippen MR) is 99.5 cm³/mol. The van der Waals surface area contributed by atoms with Gasteiger partial charge in [-0.3, -0.25) is 9.59 Å². The quantitative estimate of drug-likeness (QED) is 0.738. The zero-order valence-electron chi connectivity index (χ0n) is 14.7. The number of Topliss-reactive ketones (excluding diaryl/α,β-unsaturated/α-hetero) is 1. The summed E-state index contributed by atoms with van der Waals surface area (Å²) in [5, 5.41) is 3.15. The molecule has 0 bridgehead atoms. The molecule has 3 rings (SSSR count). The average Bonchev–Trinajstić information content (AvgIpc) is 3.46. The van der Waals surface area contributed by atoms with Gasteiger partial charge in [0.15, 0.2) is 5.78 Å². The van der Waals surface area contributed by atoms with Gasteiger partial charge in [-0.1, -0.05) is 60.2 Å². The van der Waals surface area contributed by atoms with E-state index in [0.29, 0.717) is 11.5 Å². The predicted octanol–water partition coefficient (Wildman–Crippen LogP) is 4.10. The number of rotatable bonds is 8. The number of aryl methyl sites for hydroxylation is 1. The maximum Gasteiger partial charge on any atom is 0.220 e. The molecule has 0 aliphatic heterocycles. The normalized spacial score (nSPS) is 14.8. The molecule has 1 fully saturated rings. The van der Waals surface area contributed by atoms with E-state index in [9.17, 15) is 9.59 Å². The number of carbonyl (C=O) groups excluding carboxylic acids is 2. The van der Waals surface area contributed by atoms with Gasteiger partial charge in [0.25, 0.3) is 0 Å². The lowest BCUT2D eigenvalue weighted by molar-refractivity contribution is -0.121. The van der Waals surface area contributed by atoms with Gasteiger partial charge in [0.1, 0.15) is 0 Å². The van der Waals surface area contributed by atoms with Crippen molar-refractivity contribution in [2.75, 3.05) is 0 Å². The summed E-state index contributed by atoms with van der Waals surface area (Å²) in [7, 11) is 0. The topological polar surface area (TPSA) is 46.2 Å². The molecule has 1 atom stereocenters. The lowest BCUT2D eigenvalue weighted by Crippen LogP contribution is -2.38. The molecule has 0 heterocycles. The zero-order valence-corrected chi connectivity index (χ0v) is 14.7. The molecule has 3 nitrogen and oxygen atoms in total. The van der Waals surface area contributed by atoms with Crippen LogP contribution in [0.1, 0.15) is 47.2 Å². The lowest BCUT2D eigenvalue weighted by Gasteiger charge is -2.18. The van der Waals surface area contributed by atoms with Crippen LogP contribution in [0.4, 0.5) is 0 Å². The van der Waals surface area contributed by atoms with Gasteiger partial charge in [-0.2, -0.15) is 0 Å². The Bertz CT molecular complexity index is 717. The van der Waals surface area contributed by atoms with Crippen molar-refractivity contribution in [1.82, 2.24) is 5.32 Å². The Labute approximate surface area is 149 Å². The van der Waals surface area contributed by atoms with Crippen LogP contribution in [0.25, 0.3) is 0 Å². The number of amides is 1. The molecule has 0 radical (unpaired) electrons. The number of nitrogens with one attached hydrogen (secondary N) is 1. The van der Waals surface area contributed by atoms with E-state index in [2.05, 4.69) is 17.4 Å². The second kappa shape index (κ2) is 8.11. The van der Waals surface area contributed by atoms with Crippen LogP contribution in [-0.4, -0.2) is 17.7 Å². The van der Waals surface area contributed by atoms with Crippen molar-refractivity contribution in [1.29, 1.82) is 0 Å². The molecule has 2 aromatic rings. The zero-order chi connectivity index (χ0) is 17.6. The first-order valence-corrected chi connectivity index (χ1v) is 9.05. The van der Waals surface area contributed by atoms with Crippen molar-refractivity contribution in [3.8, 4) is 0 Å². The molecule has 2 aromatic carbocycles. The van der Waals surface area contributed by atoms with Gasteiger partial charge in [0.05, 0.1) is 0 Å². The maximum atomic E-state index is 12.3. The third-order valence-corrected chi connectivity index (χ3v) is 4.79. The number of carbonyl (C=O) groups is 2. The highest BCUT2D eigenvalue weighted by Crippen LogP contribution is 2.34. The Morgan fingerprint density at radius 1 is 1.00 bits per heavy atom. The third kappa shape index (κ3) is 5.28. The first-order chi connectivity index (χ1) is 12.1. The fourth-order valence-corrected chi connectivity index (χ4v) is 3.09. The lowest BCUT2D eigenvalue weighted by atomic mass is 10.0. The molecule has 1 amide bonds. The van der Waals surface area contributed by atoms with E-state index >= 15 is 0 Å². The van der Waals surface area contributed by atoms with Crippen LogP contribution >= 0.6 is 0 Å². The summed E-state index contributed by atoms with van der Waals surface area (Å²) in [6, 6.07) is 18.0. The van der Waals surface area contributed by atoms with Crippen molar-refractivity contribution < 1.29 is 9.59 Å². The molecule has 1 aliphatic carbocycles. The van der Waals surface area contributed by atoms with Crippen molar-refractivity contribution in [3.63, 3.8) is 0 Å². The van der Waals surface area contributed by atoms with Crippen LogP contribution in [0, 0.1) is 12.8 Å². The molecule has 0 spiro atoms. The number of ketones is 1. The molecule has 1 aliphatic rings. The Kier molecular flexibility index (Phi) is 5.64. The highest BCUT2D eigenvalue weighted by atomic mass is 16.2. The van der Waals surface area contributed by atoms with Gasteiger partial charge in [-0.05, 0) is 37.7 Å². The minimum absolute atomic E-state index is 0.0201. The molecule has 25 heavy (non-hydrogen) atoms. The Balaban J connectivity index is 1.50. The van der Waals surface area contributed by atoms with Gasteiger partial charge in [0, 0.05) is 24.4 Å². The van der Waals surface area contributed by atoms with E-state index in [1.54, 1.807) is 0 Å². The van der Waals surface area contributed by atoms with Crippen molar-refractivity contribution in [2.24, 2.45) is 5.92 Å². The van der Waals surface area contributed by atoms with Gasteiger partial charge >= 0.3 is 0 Å². The van der Waals surface area contributed by atoms with Crippen LogP contribution < -0.4 is 5.32 Å². The van der Waals surface area contributed by atoms with Crippen molar-refractivity contribution in [2.45, 2.75) is 45.1 Å². The summed E-state index contributed by atoms with van der Waals surface area (Å²) in [5.74, 6) is 0.589. The van der Waals surface area contributed by atoms with Crippen LogP contribution in [-0.2, 0) is 11.2 Å². The number of hydrogen-bond donors (Lipinski definition) is 1. The van der Waals surface area contributed by atoms with Crippen LogP contribution in [0.5, 0.6) is 0 Å². The van der Waals surface area contributed by atoms with E-state index in [0.717, 1.165) is 12.0 Å². The van der Waals surface area contributed by atoms with Gasteiger partial charge in [-0.15, -0.1) is 0 Å². The van der Waals surface area contributed by atoms with E-state index in [1.807, 2.05) is 49.4 Å². The third-order valence-electron chi connectivity index (χ3n) is 4.79. The molecular weight excluding hydrogens is 310 g/mol. The SMILES string of the molecule is Cc1ccc(C(=O)CCC(=O)NC(Cc2ccccc2)C2CC2)cc1. The largest absolute Gasteiger partial charge is 0.353 e. The molecule has 0 aromatic heterocycles. The monoisotopic (exact) mass is 335 g/mol. The molecule has 1 N–H and O–H groups in total. The molecule has 3 heteroatoms. The van der Waals surface area contributed by atoms with Crippen LogP contribution in [0.3, 0.4) is 0 Å². The highest BCUT2D eigenvalue weighted by Gasteiger charge is 2.32. The van der Waals surface area contributed by atoms with Crippen molar-refractivity contribution in [3.05, 3.63) is 71.3 Å². The second-order valence-corrected chi connectivity index (χ2v) is 6.99. The Morgan fingerprint density at radius 3 is 2.32 bits per heavy atom. The summed E-state index contributed by atoms with van der Waals surface area (Å²) in [6.45, 7) is 1.99. The van der Waals surface area contributed by atoms with E-state index in [-0.39, 0.29) is 30.6 Å². The second-order valence-electron chi connectivity index (χ2n) is 6.99. The Hall–Kier alpha value is -2.42. The average molecular weight is 335 g/mol. The van der Waals surface area contributed by atoms with E-state index < -0.39 is 0 Å². The Morgan fingerprint density at radius 2 is 1.68 bits per heavy atom. The van der Waals surface area contributed by atoms with Crippen molar-refractivity contribution >= 4 is 11.7 Å². The first kappa shape index (κ1) is 17.4. The summed E-state index contributed by atoms with van der Waals surface area (Å²) < 4.78 is 0. The fourth-order valence-electron chi connectivity index (χ4n) is 3.09. The standard InChI is InChI=1S/C22H25NO2/c1-16-7-9-19(10-8-16)21(24)13-14-22(25)23-20(18-11-12-18)15-17-5-3-2-4-6-17/h2-10,18,20H,11-15H2,1H3,(H,23,25). The minimum atomic E-state index is -0.0201. The maximum absolute atomic E-state index is 12.3. The molecule has 1 unspecified atom stereocenters. The highest BCUT2D eigenvalue weighted by molar-refractivity contribution is 5.98. The van der Waals surface area contributed by atoms with E-state index in [4.69, 9.17) is 0 Å². The fraction of sp³-hybridized carbons (Fsp3) is 0.364. The smallest absolute Gasteiger partial charge is 0.220 e. The molecule has 0 saturated heterocycles. The van der Waals surface area contributed by atoms with Crippen LogP contribution in [0.2, 0.25) is 0 Å². The summed E-state index contributed by atoms with van der Waals surface area (Å²) in [4.78, 5) is 24.5. The number of hydrogen-bond acceptors (Lipinski definition) is 2. The molecule has 130 valence electrons. The first-order valence-electron chi connectivity index (χ1n) is 9.05. The summed E-state index contributed by atoms with van der Waals surface area (Å²) in [6.07, 6.45) is 3.74. The van der Waals surface area contributed by atoms with Crippen LogP contribution in [0.15, 0.2) is 54.6 Å². The summed E-state index contributed by atoms with van der Waals surface area (Å²) >= 11 is 0. The minimum Gasteiger partial charge on any atom is -0.353 e. The van der Waals surface area contributed by atoms with Gasteiger partial charge in [-0.25, -0.2) is 0 Å². The molecule has 1 saturated carbocycles. The summed E-state index contributed by atoms with van der Waals surface area (Å²) in [5.41, 5.74) is 3.05. The van der Waals surface area contributed by atoms with Gasteiger partial charge < -0.3 is 5.32 Å².